The van der Waals surface area contributed by atoms with E-state index in [2.05, 4.69) is 15.6 Å². The van der Waals surface area contributed by atoms with Crippen LogP contribution in [0.25, 0.3) is 0 Å². The predicted molar refractivity (Wildman–Crippen MR) is 104 cm³/mol. The Morgan fingerprint density at radius 3 is 2.15 bits per heavy atom. The average Bonchev–Trinajstić information content (AvgIpc) is 2.72. The number of carbonyl (C=O) groups excluding carboxylic acids is 2. The lowest BCUT2D eigenvalue weighted by molar-refractivity contribution is -0.119. The molecule has 5 heteroatoms. The highest BCUT2D eigenvalue weighted by atomic mass is 16.2. The lowest BCUT2D eigenvalue weighted by atomic mass is 9.99. The van der Waals surface area contributed by atoms with E-state index in [-0.39, 0.29) is 17.9 Å². The minimum absolute atomic E-state index is 0.0835. The number of aromatic nitrogens is 1. The molecule has 5 nitrogen and oxygen atoms in total. The fourth-order valence-electron chi connectivity index (χ4n) is 2.78. The Morgan fingerprint density at radius 2 is 1.52 bits per heavy atom. The van der Waals surface area contributed by atoms with E-state index in [4.69, 9.17) is 0 Å². The van der Waals surface area contributed by atoms with Crippen molar-refractivity contribution in [1.29, 1.82) is 0 Å². The van der Waals surface area contributed by atoms with Gasteiger partial charge in [0.2, 0.25) is 5.91 Å². The molecular weight excluding hydrogens is 338 g/mol. The third-order valence-electron chi connectivity index (χ3n) is 4.21. The molecule has 0 bridgehead atoms. The molecule has 0 aliphatic heterocycles. The lowest BCUT2D eigenvalue weighted by Crippen LogP contribution is -2.29. The number of rotatable bonds is 6. The standard InChI is InChI=1S/C22H21N3O2/c1-16(26)24-15-17-7-9-20(10-8-17)22(27)25-21(18-5-3-2-4-6-18)19-11-13-23-14-12-19/h2-14,21H,15H2,1H3,(H,24,26)(H,25,27). The maximum Gasteiger partial charge on any atom is 0.252 e. The third kappa shape index (κ3) is 5.01. The summed E-state index contributed by atoms with van der Waals surface area (Å²) >= 11 is 0. The molecule has 27 heavy (non-hydrogen) atoms. The van der Waals surface area contributed by atoms with Gasteiger partial charge in [0.05, 0.1) is 6.04 Å². The van der Waals surface area contributed by atoms with Crippen molar-refractivity contribution in [3.63, 3.8) is 0 Å². The molecule has 1 atom stereocenters. The number of benzene rings is 2. The Morgan fingerprint density at radius 1 is 0.889 bits per heavy atom. The summed E-state index contributed by atoms with van der Waals surface area (Å²) in [5.74, 6) is -0.244. The van der Waals surface area contributed by atoms with Gasteiger partial charge in [-0.25, -0.2) is 0 Å². The third-order valence-corrected chi connectivity index (χ3v) is 4.21. The Balaban J connectivity index is 1.77. The molecule has 3 aromatic rings. The second-order valence-corrected chi connectivity index (χ2v) is 6.20. The zero-order valence-electron chi connectivity index (χ0n) is 15.1. The predicted octanol–water partition coefficient (Wildman–Crippen LogP) is 3.24. The SMILES string of the molecule is CC(=O)NCc1ccc(C(=O)NC(c2ccccc2)c2ccncc2)cc1. The van der Waals surface area contributed by atoms with Crippen LogP contribution in [0.3, 0.4) is 0 Å². The molecule has 0 saturated heterocycles. The fraction of sp³-hybridized carbons (Fsp3) is 0.136. The first-order valence-electron chi connectivity index (χ1n) is 8.72. The van der Waals surface area contributed by atoms with Gasteiger partial charge in [0.1, 0.15) is 0 Å². The summed E-state index contributed by atoms with van der Waals surface area (Å²) in [5, 5.41) is 5.84. The topological polar surface area (TPSA) is 71.1 Å². The first-order valence-corrected chi connectivity index (χ1v) is 8.72. The first kappa shape index (κ1) is 18.3. The fourth-order valence-corrected chi connectivity index (χ4v) is 2.78. The molecular formula is C22H21N3O2. The number of nitrogens with one attached hydrogen (secondary N) is 2. The van der Waals surface area contributed by atoms with Gasteiger partial charge in [-0.05, 0) is 41.0 Å². The van der Waals surface area contributed by atoms with E-state index in [1.54, 1.807) is 24.5 Å². The van der Waals surface area contributed by atoms with Crippen molar-refractivity contribution in [3.8, 4) is 0 Å². The molecule has 0 radical (unpaired) electrons. The van der Waals surface area contributed by atoms with E-state index in [1.807, 2.05) is 54.6 Å². The number of hydrogen-bond donors (Lipinski definition) is 2. The smallest absolute Gasteiger partial charge is 0.252 e. The van der Waals surface area contributed by atoms with E-state index >= 15 is 0 Å². The summed E-state index contributed by atoms with van der Waals surface area (Å²) in [6.45, 7) is 1.92. The quantitative estimate of drug-likeness (QED) is 0.710. The van der Waals surface area contributed by atoms with Gasteiger partial charge >= 0.3 is 0 Å². The first-order chi connectivity index (χ1) is 13.1. The maximum atomic E-state index is 12.8. The molecule has 136 valence electrons. The summed E-state index contributed by atoms with van der Waals surface area (Å²) in [6, 6.07) is 20.6. The highest BCUT2D eigenvalue weighted by Gasteiger charge is 2.17. The minimum Gasteiger partial charge on any atom is -0.352 e. The van der Waals surface area contributed by atoms with Crippen molar-refractivity contribution in [2.75, 3.05) is 0 Å². The Bertz CT molecular complexity index is 854. The Kier molecular flexibility index (Phi) is 5.94. The molecule has 0 aliphatic carbocycles. The van der Waals surface area contributed by atoms with Crippen LogP contribution < -0.4 is 10.6 Å². The second-order valence-electron chi connectivity index (χ2n) is 6.20. The maximum absolute atomic E-state index is 12.8. The molecule has 3 rings (SSSR count). The average molecular weight is 359 g/mol. The molecule has 1 unspecified atom stereocenters. The Hall–Kier alpha value is -3.47. The van der Waals surface area contributed by atoms with Crippen LogP contribution in [0, 0.1) is 0 Å². The van der Waals surface area contributed by atoms with Crippen molar-refractivity contribution >= 4 is 11.8 Å². The van der Waals surface area contributed by atoms with Crippen molar-refractivity contribution < 1.29 is 9.59 Å². The summed E-state index contributed by atoms with van der Waals surface area (Å²) in [7, 11) is 0. The Labute approximate surface area is 158 Å². The van der Waals surface area contributed by atoms with Gasteiger partial charge in [0, 0.05) is 31.4 Å². The molecule has 0 saturated carbocycles. The number of nitrogens with zero attached hydrogens (tertiary/aromatic N) is 1. The van der Waals surface area contributed by atoms with Crippen LogP contribution >= 0.6 is 0 Å². The van der Waals surface area contributed by atoms with Crippen LogP contribution in [0.1, 0.15) is 40.0 Å². The molecule has 0 spiro atoms. The summed E-state index contributed by atoms with van der Waals surface area (Å²) in [4.78, 5) is 27.8. The molecule has 0 fully saturated rings. The van der Waals surface area contributed by atoms with Crippen LogP contribution in [-0.2, 0) is 11.3 Å². The number of hydrogen-bond acceptors (Lipinski definition) is 3. The highest BCUT2D eigenvalue weighted by Crippen LogP contribution is 2.22. The van der Waals surface area contributed by atoms with Gasteiger partial charge in [-0.3, -0.25) is 14.6 Å². The van der Waals surface area contributed by atoms with Crippen molar-refractivity contribution in [3.05, 3.63) is 101 Å². The monoisotopic (exact) mass is 359 g/mol. The van der Waals surface area contributed by atoms with E-state index in [9.17, 15) is 9.59 Å². The van der Waals surface area contributed by atoms with Gasteiger partial charge in [-0.1, -0.05) is 42.5 Å². The van der Waals surface area contributed by atoms with Crippen LogP contribution in [0.15, 0.2) is 79.1 Å². The van der Waals surface area contributed by atoms with Crippen LogP contribution in [0.5, 0.6) is 0 Å². The normalized spacial score (nSPS) is 11.4. The van der Waals surface area contributed by atoms with E-state index < -0.39 is 0 Å². The summed E-state index contributed by atoms with van der Waals surface area (Å²) in [6.07, 6.45) is 3.43. The van der Waals surface area contributed by atoms with Gasteiger partial charge in [0.25, 0.3) is 5.91 Å². The molecule has 2 aromatic carbocycles. The molecule has 0 aliphatic rings. The van der Waals surface area contributed by atoms with Crippen LogP contribution in [-0.4, -0.2) is 16.8 Å². The number of pyridine rings is 1. The van der Waals surface area contributed by atoms with Crippen LogP contribution in [0.4, 0.5) is 0 Å². The van der Waals surface area contributed by atoms with Gasteiger partial charge in [-0.15, -0.1) is 0 Å². The van der Waals surface area contributed by atoms with Crippen molar-refractivity contribution in [2.24, 2.45) is 0 Å². The molecule has 1 aromatic heterocycles. The van der Waals surface area contributed by atoms with Crippen LogP contribution in [0.2, 0.25) is 0 Å². The van der Waals surface area contributed by atoms with E-state index in [0.29, 0.717) is 12.1 Å². The van der Waals surface area contributed by atoms with Gasteiger partial charge in [-0.2, -0.15) is 0 Å². The van der Waals surface area contributed by atoms with Gasteiger partial charge in [0.15, 0.2) is 0 Å². The van der Waals surface area contributed by atoms with Crippen molar-refractivity contribution in [1.82, 2.24) is 15.6 Å². The highest BCUT2D eigenvalue weighted by molar-refractivity contribution is 5.94. The lowest BCUT2D eigenvalue weighted by Gasteiger charge is -2.20. The summed E-state index contributed by atoms with van der Waals surface area (Å²) < 4.78 is 0. The van der Waals surface area contributed by atoms with E-state index in [0.717, 1.165) is 16.7 Å². The molecule has 2 N–H and O–H groups in total. The zero-order chi connectivity index (χ0) is 19.1. The molecule has 1 heterocycles. The minimum atomic E-state index is -0.263. The number of carbonyl (C=O) groups is 2. The zero-order valence-corrected chi connectivity index (χ0v) is 15.1. The van der Waals surface area contributed by atoms with Crippen molar-refractivity contribution in [2.45, 2.75) is 19.5 Å². The van der Waals surface area contributed by atoms with E-state index in [1.165, 1.54) is 6.92 Å². The largest absolute Gasteiger partial charge is 0.352 e. The molecule has 2 amide bonds. The number of amides is 2. The second kappa shape index (κ2) is 8.76. The summed E-state index contributed by atoms with van der Waals surface area (Å²) in [5.41, 5.74) is 3.47. The van der Waals surface area contributed by atoms with Gasteiger partial charge < -0.3 is 10.6 Å².